The first kappa shape index (κ1) is 14.5. The van der Waals surface area contributed by atoms with Crippen LogP contribution in [0.2, 0.25) is 0 Å². The van der Waals surface area contributed by atoms with Crippen LogP contribution in [0.3, 0.4) is 0 Å². The van der Waals surface area contributed by atoms with Crippen LogP contribution in [-0.4, -0.2) is 44.9 Å². The predicted molar refractivity (Wildman–Crippen MR) is 70.2 cm³/mol. The topological polar surface area (TPSA) is 84.4 Å². The zero-order valence-electron chi connectivity index (χ0n) is 11.5. The Morgan fingerprint density at radius 3 is 2.56 bits per heavy atom. The molecule has 0 bridgehead atoms. The van der Waals surface area contributed by atoms with E-state index in [2.05, 4.69) is 5.10 Å². The van der Waals surface area contributed by atoms with Crippen LogP contribution in [0.25, 0.3) is 0 Å². The molecule has 0 aromatic carbocycles. The zero-order chi connectivity index (χ0) is 13.9. The van der Waals surface area contributed by atoms with Gasteiger partial charge in [0.05, 0.1) is 11.4 Å². The maximum Gasteiger partial charge on any atom is 0.274 e. The molecular formula is C12H22N4O2. The Hall–Kier alpha value is -1.56. The predicted octanol–water partition coefficient (Wildman–Crippen LogP) is 0.544. The van der Waals surface area contributed by atoms with Gasteiger partial charge in [0.1, 0.15) is 5.69 Å². The number of hydrogen-bond donors (Lipinski definition) is 2. The van der Waals surface area contributed by atoms with E-state index in [-0.39, 0.29) is 18.6 Å². The molecule has 1 rings (SSSR count). The van der Waals surface area contributed by atoms with Gasteiger partial charge in [-0.05, 0) is 27.2 Å². The van der Waals surface area contributed by atoms with E-state index in [0.29, 0.717) is 30.0 Å². The van der Waals surface area contributed by atoms with Crippen molar-refractivity contribution in [2.75, 3.05) is 18.9 Å². The largest absolute Gasteiger partial charge is 0.396 e. The molecule has 1 aromatic heterocycles. The molecule has 1 amide bonds. The van der Waals surface area contributed by atoms with Crippen LogP contribution in [0, 0.1) is 6.92 Å². The lowest BCUT2D eigenvalue weighted by atomic mass is 10.2. The van der Waals surface area contributed by atoms with Gasteiger partial charge in [-0.25, -0.2) is 0 Å². The lowest BCUT2D eigenvalue weighted by Crippen LogP contribution is -2.39. The highest BCUT2D eigenvalue weighted by molar-refractivity contribution is 5.98. The normalized spacial score (nSPS) is 11.0. The van der Waals surface area contributed by atoms with Gasteiger partial charge in [0.2, 0.25) is 0 Å². The van der Waals surface area contributed by atoms with Gasteiger partial charge in [-0.1, -0.05) is 0 Å². The maximum absolute atomic E-state index is 12.5. The molecule has 3 N–H and O–H groups in total. The number of nitrogens with zero attached hydrogens (tertiary/aromatic N) is 3. The molecule has 102 valence electrons. The first-order valence-corrected chi connectivity index (χ1v) is 6.11. The SMILES string of the molecule is Cc1nn(C)c(C(=O)N(CCCO)C(C)C)c1N. The summed E-state index contributed by atoms with van der Waals surface area (Å²) in [5.41, 5.74) is 7.39. The van der Waals surface area contributed by atoms with Crippen molar-refractivity contribution in [2.45, 2.75) is 33.2 Å². The molecule has 0 aliphatic heterocycles. The minimum Gasteiger partial charge on any atom is -0.396 e. The number of hydrogen-bond acceptors (Lipinski definition) is 4. The zero-order valence-corrected chi connectivity index (χ0v) is 11.5. The lowest BCUT2D eigenvalue weighted by Gasteiger charge is -2.26. The van der Waals surface area contributed by atoms with Crippen LogP contribution in [0.15, 0.2) is 0 Å². The minimum absolute atomic E-state index is 0.0543. The Balaban J connectivity index is 3.02. The van der Waals surface area contributed by atoms with E-state index in [9.17, 15) is 4.79 Å². The second kappa shape index (κ2) is 5.86. The third-order valence-corrected chi connectivity index (χ3v) is 2.91. The van der Waals surface area contributed by atoms with Gasteiger partial charge in [-0.3, -0.25) is 9.48 Å². The molecule has 1 heterocycles. The van der Waals surface area contributed by atoms with Gasteiger partial charge >= 0.3 is 0 Å². The summed E-state index contributed by atoms with van der Waals surface area (Å²) < 4.78 is 1.52. The minimum atomic E-state index is -0.140. The second-order valence-electron chi connectivity index (χ2n) is 4.64. The number of aromatic nitrogens is 2. The first-order chi connectivity index (χ1) is 8.40. The van der Waals surface area contributed by atoms with E-state index in [1.165, 1.54) is 4.68 Å². The highest BCUT2D eigenvalue weighted by Gasteiger charge is 2.24. The van der Waals surface area contributed by atoms with E-state index in [1.807, 2.05) is 13.8 Å². The fourth-order valence-corrected chi connectivity index (χ4v) is 1.90. The second-order valence-corrected chi connectivity index (χ2v) is 4.64. The Bertz CT molecular complexity index is 426. The van der Waals surface area contributed by atoms with Gasteiger partial charge in [0.25, 0.3) is 5.91 Å². The summed E-state index contributed by atoms with van der Waals surface area (Å²) >= 11 is 0. The average molecular weight is 254 g/mol. The molecule has 0 unspecified atom stereocenters. The molecule has 6 nitrogen and oxygen atoms in total. The van der Waals surface area contributed by atoms with Crippen LogP contribution in [0.4, 0.5) is 5.69 Å². The van der Waals surface area contributed by atoms with Crippen LogP contribution in [0.1, 0.15) is 36.5 Å². The van der Waals surface area contributed by atoms with E-state index in [4.69, 9.17) is 10.8 Å². The number of anilines is 1. The lowest BCUT2D eigenvalue weighted by molar-refractivity contribution is 0.0683. The molecule has 0 radical (unpaired) electrons. The van der Waals surface area contributed by atoms with Crippen molar-refractivity contribution in [2.24, 2.45) is 7.05 Å². The van der Waals surface area contributed by atoms with Gasteiger partial charge < -0.3 is 15.7 Å². The number of aryl methyl sites for hydroxylation is 2. The number of aliphatic hydroxyl groups excluding tert-OH is 1. The standard InChI is InChI=1S/C12H22N4O2/c1-8(2)16(6-5-7-17)12(18)11-10(13)9(3)14-15(11)4/h8,17H,5-7,13H2,1-4H3. The summed E-state index contributed by atoms with van der Waals surface area (Å²) in [5, 5.41) is 13.0. The van der Waals surface area contributed by atoms with Crippen molar-refractivity contribution in [1.82, 2.24) is 14.7 Å². The number of carbonyl (C=O) groups excluding carboxylic acids is 1. The Morgan fingerprint density at radius 2 is 2.17 bits per heavy atom. The van der Waals surface area contributed by atoms with E-state index >= 15 is 0 Å². The van der Waals surface area contributed by atoms with Crippen molar-refractivity contribution in [3.05, 3.63) is 11.4 Å². The number of rotatable bonds is 5. The average Bonchev–Trinajstić information content (AvgIpc) is 2.53. The molecule has 0 aliphatic rings. The molecule has 6 heteroatoms. The molecule has 0 atom stereocenters. The molecule has 0 aliphatic carbocycles. The Labute approximate surface area is 107 Å². The van der Waals surface area contributed by atoms with E-state index in [0.717, 1.165) is 0 Å². The Morgan fingerprint density at radius 1 is 1.56 bits per heavy atom. The first-order valence-electron chi connectivity index (χ1n) is 6.11. The molecular weight excluding hydrogens is 232 g/mol. The molecule has 0 saturated carbocycles. The maximum atomic E-state index is 12.5. The fraction of sp³-hybridized carbons (Fsp3) is 0.667. The summed E-state index contributed by atoms with van der Waals surface area (Å²) in [6.07, 6.45) is 0.556. The summed E-state index contributed by atoms with van der Waals surface area (Å²) in [7, 11) is 1.71. The number of aliphatic hydroxyl groups is 1. The number of nitrogens with two attached hydrogens (primary N) is 1. The third kappa shape index (κ3) is 2.81. The monoisotopic (exact) mass is 254 g/mol. The summed E-state index contributed by atoms with van der Waals surface area (Å²) in [4.78, 5) is 14.1. The highest BCUT2D eigenvalue weighted by Crippen LogP contribution is 2.18. The van der Waals surface area contributed by atoms with Gasteiger partial charge in [-0.2, -0.15) is 5.10 Å². The third-order valence-electron chi connectivity index (χ3n) is 2.91. The van der Waals surface area contributed by atoms with Crippen LogP contribution >= 0.6 is 0 Å². The smallest absolute Gasteiger partial charge is 0.274 e. The summed E-state index contributed by atoms with van der Waals surface area (Å²) in [5.74, 6) is -0.140. The number of carbonyl (C=O) groups is 1. The van der Waals surface area contributed by atoms with Gasteiger partial charge in [0.15, 0.2) is 0 Å². The fourth-order valence-electron chi connectivity index (χ4n) is 1.90. The quantitative estimate of drug-likeness (QED) is 0.803. The van der Waals surface area contributed by atoms with Crippen LogP contribution < -0.4 is 5.73 Å². The van der Waals surface area contributed by atoms with Crippen molar-refractivity contribution < 1.29 is 9.90 Å². The van der Waals surface area contributed by atoms with Crippen molar-refractivity contribution >= 4 is 11.6 Å². The summed E-state index contributed by atoms with van der Waals surface area (Å²) in [6, 6.07) is 0.0543. The Kier molecular flexibility index (Phi) is 4.72. The van der Waals surface area contributed by atoms with Crippen molar-refractivity contribution in [1.29, 1.82) is 0 Å². The summed E-state index contributed by atoms with van der Waals surface area (Å²) in [6.45, 7) is 6.23. The molecule has 18 heavy (non-hydrogen) atoms. The molecule has 0 fully saturated rings. The highest BCUT2D eigenvalue weighted by atomic mass is 16.3. The number of nitrogen functional groups attached to an aromatic ring is 1. The van der Waals surface area contributed by atoms with Crippen molar-refractivity contribution in [3.8, 4) is 0 Å². The van der Waals surface area contributed by atoms with Crippen molar-refractivity contribution in [3.63, 3.8) is 0 Å². The van der Waals surface area contributed by atoms with Gasteiger partial charge in [-0.15, -0.1) is 0 Å². The number of amides is 1. The van der Waals surface area contributed by atoms with E-state index < -0.39 is 0 Å². The van der Waals surface area contributed by atoms with Crippen LogP contribution in [0.5, 0.6) is 0 Å². The van der Waals surface area contributed by atoms with Gasteiger partial charge in [0, 0.05) is 26.2 Å². The van der Waals surface area contributed by atoms with E-state index in [1.54, 1.807) is 18.9 Å². The molecule has 0 saturated heterocycles. The molecule has 1 aromatic rings. The molecule has 0 spiro atoms. The van der Waals surface area contributed by atoms with Crippen LogP contribution in [-0.2, 0) is 7.05 Å².